The number of hydrogen-bond donors (Lipinski definition) is 0. The molecule has 0 bridgehead atoms. The smallest absolute Gasteiger partial charge is 0.150 e. The molecule has 4 heterocycles. The van der Waals surface area contributed by atoms with Gasteiger partial charge in [-0.25, -0.2) is 4.98 Å². The van der Waals surface area contributed by atoms with Gasteiger partial charge in [-0.2, -0.15) is 11.8 Å². The topological polar surface area (TPSA) is 27.1 Å². The second kappa shape index (κ2) is 5.78. The number of rotatable bonds is 2. The van der Waals surface area contributed by atoms with E-state index in [0.717, 1.165) is 25.3 Å². The predicted molar refractivity (Wildman–Crippen MR) is 89.1 cm³/mol. The third-order valence-corrected chi connectivity index (χ3v) is 6.53. The Hall–Kier alpha value is -0.780. The SMILES string of the molecule is c1csc(-c2nccn2C2CCOC3(CCSCC3)C2)c1. The first-order valence-electron chi connectivity index (χ1n) is 7.65. The summed E-state index contributed by atoms with van der Waals surface area (Å²) >= 11 is 3.83. The van der Waals surface area contributed by atoms with Crippen molar-refractivity contribution in [2.24, 2.45) is 0 Å². The maximum Gasteiger partial charge on any atom is 0.150 e. The van der Waals surface area contributed by atoms with Gasteiger partial charge in [-0.15, -0.1) is 11.3 Å². The maximum absolute atomic E-state index is 6.22. The van der Waals surface area contributed by atoms with Gasteiger partial charge < -0.3 is 9.30 Å². The lowest BCUT2D eigenvalue weighted by atomic mass is 9.85. The molecule has 2 aliphatic heterocycles. The van der Waals surface area contributed by atoms with Crippen LogP contribution in [-0.4, -0.2) is 33.3 Å². The van der Waals surface area contributed by atoms with Gasteiger partial charge in [-0.05, 0) is 48.6 Å². The molecule has 5 heteroatoms. The molecule has 1 atom stereocenters. The summed E-state index contributed by atoms with van der Waals surface area (Å²) in [6, 6.07) is 4.79. The molecule has 1 unspecified atom stereocenters. The van der Waals surface area contributed by atoms with Crippen molar-refractivity contribution in [2.75, 3.05) is 18.1 Å². The van der Waals surface area contributed by atoms with Crippen molar-refractivity contribution < 1.29 is 4.74 Å². The van der Waals surface area contributed by atoms with Gasteiger partial charge in [0.15, 0.2) is 0 Å². The Morgan fingerprint density at radius 1 is 1.33 bits per heavy atom. The summed E-state index contributed by atoms with van der Waals surface area (Å²) < 4.78 is 8.61. The van der Waals surface area contributed by atoms with Crippen molar-refractivity contribution in [1.29, 1.82) is 0 Å². The molecule has 3 nitrogen and oxygen atoms in total. The van der Waals surface area contributed by atoms with Crippen molar-refractivity contribution in [1.82, 2.24) is 9.55 Å². The molecular formula is C16H20N2OS2. The number of ether oxygens (including phenoxy) is 1. The number of thiophene rings is 1. The predicted octanol–water partition coefficient (Wildman–Crippen LogP) is 4.23. The highest BCUT2D eigenvalue weighted by molar-refractivity contribution is 7.99. The van der Waals surface area contributed by atoms with Crippen LogP contribution in [0, 0.1) is 0 Å². The molecule has 2 aromatic heterocycles. The Labute approximate surface area is 133 Å². The van der Waals surface area contributed by atoms with E-state index in [1.54, 1.807) is 11.3 Å². The van der Waals surface area contributed by atoms with E-state index >= 15 is 0 Å². The molecule has 0 aromatic carbocycles. The fourth-order valence-electron chi connectivity index (χ4n) is 3.54. The summed E-state index contributed by atoms with van der Waals surface area (Å²) in [6.45, 7) is 0.886. The molecule has 2 saturated heterocycles. The summed E-state index contributed by atoms with van der Waals surface area (Å²) in [5, 5.41) is 2.12. The van der Waals surface area contributed by atoms with Gasteiger partial charge in [0.2, 0.25) is 0 Å². The van der Waals surface area contributed by atoms with Gasteiger partial charge in [0.1, 0.15) is 5.82 Å². The van der Waals surface area contributed by atoms with E-state index in [9.17, 15) is 0 Å². The Morgan fingerprint density at radius 3 is 3.05 bits per heavy atom. The Balaban J connectivity index is 1.60. The van der Waals surface area contributed by atoms with Crippen molar-refractivity contribution in [3.05, 3.63) is 29.9 Å². The fraction of sp³-hybridized carbons (Fsp3) is 0.562. The van der Waals surface area contributed by atoms with E-state index in [-0.39, 0.29) is 5.60 Å². The first-order valence-corrected chi connectivity index (χ1v) is 9.68. The van der Waals surface area contributed by atoms with E-state index in [1.165, 1.54) is 29.2 Å². The van der Waals surface area contributed by atoms with Crippen LogP contribution in [0.15, 0.2) is 29.9 Å². The van der Waals surface area contributed by atoms with E-state index in [1.807, 2.05) is 6.20 Å². The van der Waals surface area contributed by atoms with E-state index < -0.39 is 0 Å². The summed E-state index contributed by atoms with van der Waals surface area (Å²) in [5.41, 5.74) is 0.130. The minimum absolute atomic E-state index is 0.130. The Bertz CT molecular complexity index is 582. The third-order valence-electron chi connectivity index (χ3n) is 4.67. The molecule has 0 radical (unpaired) electrons. The average Bonchev–Trinajstić information content (AvgIpc) is 3.19. The zero-order valence-electron chi connectivity index (χ0n) is 12.0. The van der Waals surface area contributed by atoms with Gasteiger partial charge in [0, 0.05) is 25.0 Å². The Morgan fingerprint density at radius 2 is 2.24 bits per heavy atom. The van der Waals surface area contributed by atoms with Gasteiger partial charge in [-0.3, -0.25) is 0 Å². The van der Waals surface area contributed by atoms with Gasteiger partial charge in [0.05, 0.1) is 10.5 Å². The first kappa shape index (κ1) is 13.9. The third kappa shape index (κ3) is 2.67. The van der Waals surface area contributed by atoms with Crippen LogP contribution in [0.25, 0.3) is 10.7 Å². The highest BCUT2D eigenvalue weighted by Gasteiger charge is 2.39. The van der Waals surface area contributed by atoms with Gasteiger partial charge >= 0.3 is 0 Å². The molecule has 0 amide bonds. The van der Waals surface area contributed by atoms with Crippen LogP contribution in [0.5, 0.6) is 0 Å². The maximum atomic E-state index is 6.22. The summed E-state index contributed by atoms with van der Waals surface area (Å²) in [6.07, 6.45) is 8.74. The number of aromatic nitrogens is 2. The lowest BCUT2D eigenvalue weighted by Crippen LogP contribution is -2.43. The quantitative estimate of drug-likeness (QED) is 0.828. The average molecular weight is 320 g/mol. The highest BCUT2D eigenvalue weighted by Crippen LogP contribution is 2.42. The van der Waals surface area contributed by atoms with Crippen LogP contribution >= 0.6 is 23.1 Å². The summed E-state index contributed by atoms with van der Waals surface area (Å²) in [4.78, 5) is 5.86. The summed E-state index contributed by atoms with van der Waals surface area (Å²) in [7, 11) is 0. The Kier molecular flexibility index (Phi) is 3.81. The minimum Gasteiger partial charge on any atom is -0.375 e. The van der Waals surface area contributed by atoms with Gasteiger partial charge in [-0.1, -0.05) is 6.07 Å². The van der Waals surface area contributed by atoms with Crippen molar-refractivity contribution >= 4 is 23.1 Å². The molecule has 0 saturated carbocycles. The lowest BCUT2D eigenvalue weighted by Gasteiger charge is -2.43. The van der Waals surface area contributed by atoms with Crippen molar-refractivity contribution in [2.45, 2.75) is 37.3 Å². The molecule has 2 aromatic rings. The molecule has 0 N–H and O–H groups in total. The molecule has 2 fully saturated rings. The molecule has 21 heavy (non-hydrogen) atoms. The van der Waals surface area contributed by atoms with Crippen molar-refractivity contribution in [3.8, 4) is 10.7 Å². The second-order valence-electron chi connectivity index (χ2n) is 5.93. The highest BCUT2D eigenvalue weighted by atomic mass is 32.2. The number of imidazole rings is 1. The lowest BCUT2D eigenvalue weighted by molar-refractivity contribution is -0.0986. The van der Waals surface area contributed by atoms with Crippen molar-refractivity contribution in [3.63, 3.8) is 0 Å². The van der Waals surface area contributed by atoms with Crippen LogP contribution in [-0.2, 0) is 4.74 Å². The molecule has 0 aliphatic carbocycles. The van der Waals surface area contributed by atoms with E-state index in [4.69, 9.17) is 4.74 Å². The number of thioether (sulfide) groups is 1. The van der Waals surface area contributed by atoms with Crippen LogP contribution in [0.1, 0.15) is 31.7 Å². The van der Waals surface area contributed by atoms with E-state index in [0.29, 0.717) is 6.04 Å². The van der Waals surface area contributed by atoms with Crippen LogP contribution < -0.4 is 0 Å². The minimum atomic E-state index is 0.130. The first-order chi connectivity index (χ1) is 10.4. The monoisotopic (exact) mass is 320 g/mol. The van der Waals surface area contributed by atoms with E-state index in [2.05, 4.69) is 45.0 Å². The number of hydrogen-bond acceptors (Lipinski definition) is 4. The van der Waals surface area contributed by atoms with Gasteiger partial charge in [0.25, 0.3) is 0 Å². The number of nitrogens with zero attached hydrogens (tertiary/aromatic N) is 2. The fourth-order valence-corrected chi connectivity index (χ4v) is 5.50. The summed E-state index contributed by atoms with van der Waals surface area (Å²) in [5.74, 6) is 3.61. The second-order valence-corrected chi connectivity index (χ2v) is 8.10. The standard InChI is InChI=1S/C16H20N2OS2/c1-2-14(21-9-1)15-17-6-7-18(15)13-3-8-19-16(12-13)4-10-20-11-5-16/h1-2,6-7,9,13H,3-5,8,10-12H2. The molecule has 1 spiro atoms. The van der Waals surface area contributed by atoms with Crippen LogP contribution in [0.3, 0.4) is 0 Å². The zero-order chi connectivity index (χ0) is 14.1. The molecular weight excluding hydrogens is 300 g/mol. The van der Waals surface area contributed by atoms with Crippen LogP contribution in [0.4, 0.5) is 0 Å². The largest absolute Gasteiger partial charge is 0.375 e. The molecule has 2 aliphatic rings. The zero-order valence-corrected chi connectivity index (χ0v) is 13.7. The molecule has 112 valence electrons. The van der Waals surface area contributed by atoms with Crippen LogP contribution in [0.2, 0.25) is 0 Å². The normalized spacial score (nSPS) is 25.2. The molecule has 4 rings (SSSR count).